The van der Waals surface area contributed by atoms with Crippen molar-refractivity contribution in [2.75, 3.05) is 11.4 Å². The first-order valence-electron chi connectivity index (χ1n) is 4.50. The third kappa shape index (κ3) is 1.39. The Morgan fingerprint density at radius 1 is 1.23 bits per heavy atom. The molecule has 0 saturated carbocycles. The summed E-state index contributed by atoms with van der Waals surface area (Å²) in [7, 11) is 0. The molecule has 1 N–H and O–H groups in total. The van der Waals surface area contributed by atoms with Gasteiger partial charge in [-0.1, -0.05) is 18.2 Å². The van der Waals surface area contributed by atoms with Gasteiger partial charge in [-0.05, 0) is 31.1 Å². The van der Waals surface area contributed by atoms with Gasteiger partial charge in [0, 0.05) is 12.2 Å². The van der Waals surface area contributed by atoms with Crippen LogP contribution < -0.4 is 4.90 Å². The topological polar surface area (TPSA) is 23.5 Å². The van der Waals surface area contributed by atoms with E-state index in [1.54, 1.807) is 0 Å². The molecule has 1 aromatic carbocycles. The average Bonchev–Trinajstić information content (AvgIpc) is 2.49. The predicted octanol–water partition coefficient (Wildman–Crippen LogP) is 2.69. The molecule has 2 rings (SSSR count). The molecule has 2 nitrogen and oxygen atoms in total. The molecule has 0 fully saturated rings. The minimum absolute atomic E-state index is 0.422. The molecule has 1 aliphatic heterocycles. The number of nitrogens with zero attached hydrogens (tertiary/aromatic N) is 1. The summed E-state index contributed by atoms with van der Waals surface area (Å²) in [5.41, 5.74) is 2.14. The standard InChI is InChI=1S/C11H13NO/c1-9-7-8-12(11(9)13)10-5-3-2-4-6-10/h2-6,13H,7-8H2,1H3. The number of hydrogen-bond donors (Lipinski definition) is 1. The summed E-state index contributed by atoms with van der Waals surface area (Å²) in [4.78, 5) is 1.94. The van der Waals surface area contributed by atoms with Crippen LogP contribution in [-0.2, 0) is 0 Å². The maximum atomic E-state index is 9.72. The van der Waals surface area contributed by atoms with Crippen molar-refractivity contribution in [2.24, 2.45) is 0 Å². The zero-order chi connectivity index (χ0) is 9.26. The minimum atomic E-state index is 0.422. The molecule has 0 aliphatic carbocycles. The molecule has 0 amide bonds. The van der Waals surface area contributed by atoms with E-state index in [4.69, 9.17) is 0 Å². The van der Waals surface area contributed by atoms with Gasteiger partial charge in [-0.2, -0.15) is 0 Å². The first-order chi connectivity index (χ1) is 6.29. The fraction of sp³-hybridized carbons (Fsp3) is 0.273. The van der Waals surface area contributed by atoms with Crippen molar-refractivity contribution < 1.29 is 5.11 Å². The smallest absolute Gasteiger partial charge is 0.190 e. The summed E-state index contributed by atoms with van der Waals surface area (Å²) < 4.78 is 0. The summed E-state index contributed by atoms with van der Waals surface area (Å²) in [6.45, 7) is 2.86. The highest BCUT2D eigenvalue weighted by Crippen LogP contribution is 2.26. The highest BCUT2D eigenvalue weighted by molar-refractivity contribution is 5.53. The zero-order valence-electron chi connectivity index (χ0n) is 7.70. The van der Waals surface area contributed by atoms with E-state index in [-0.39, 0.29) is 0 Å². The van der Waals surface area contributed by atoms with Gasteiger partial charge in [-0.25, -0.2) is 0 Å². The van der Waals surface area contributed by atoms with Gasteiger partial charge in [0.15, 0.2) is 5.88 Å². The van der Waals surface area contributed by atoms with Crippen LogP contribution in [0.15, 0.2) is 41.8 Å². The van der Waals surface area contributed by atoms with Crippen molar-refractivity contribution >= 4 is 5.69 Å². The molecule has 0 spiro atoms. The lowest BCUT2D eigenvalue weighted by molar-refractivity contribution is 0.396. The lowest BCUT2D eigenvalue weighted by Crippen LogP contribution is -2.17. The fourth-order valence-corrected chi connectivity index (χ4v) is 1.59. The van der Waals surface area contributed by atoms with E-state index in [1.807, 2.05) is 42.2 Å². The number of anilines is 1. The highest BCUT2D eigenvalue weighted by Gasteiger charge is 2.19. The van der Waals surface area contributed by atoms with Crippen molar-refractivity contribution in [3.8, 4) is 0 Å². The molecular weight excluding hydrogens is 162 g/mol. The van der Waals surface area contributed by atoms with Crippen molar-refractivity contribution in [1.29, 1.82) is 0 Å². The molecule has 0 atom stereocenters. The van der Waals surface area contributed by atoms with E-state index in [0.29, 0.717) is 5.88 Å². The first-order valence-corrected chi connectivity index (χ1v) is 4.50. The van der Waals surface area contributed by atoms with Gasteiger partial charge in [-0.15, -0.1) is 0 Å². The summed E-state index contributed by atoms with van der Waals surface area (Å²) in [6.07, 6.45) is 0.959. The number of aliphatic hydroxyl groups excluding tert-OH is 1. The Labute approximate surface area is 78.1 Å². The quantitative estimate of drug-likeness (QED) is 0.709. The van der Waals surface area contributed by atoms with Gasteiger partial charge in [0.05, 0.1) is 0 Å². The van der Waals surface area contributed by atoms with Crippen LogP contribution in [0.4, 0.5) is 5.69 Å². The van der Waals surface area contributed by atoms with Crippen molar-refractivity contribution in [2.45, 2.75) is 13.3 Å². The third-order valence-electron chi connectivity index (χ3n) is 2.42. The number of hydrogen-bond acceptors (Lipinski definition) is 2. The van der Waals surface area contributed by atoms with Crippen LogP contribution >= 0.6 is 0 Å². The molecule has 0 unspecified atom stereocenters. The van der Waals surface area contributed by atoms with E-state index >= 15 is 0 Å². The average molecular weight is 175 g/mol. The molecule has 68 valence electrons. The molecule has 1 aliphatic rings. The second kappa shape index (κ2) is 3.13. The van der Waals surface area contributed by atoms with E-state index < -0.39 is 0 Å². The zero-order valence-corrected chi connectivity index (χ0v) is 7.70. The molecule has 1 aromatic rings. The second-order valence-electron chi connectivity index (χ2n) is 3.34. The van der Waals surface area contributed by atoms with Gasteiger partial charge in [-0.3, -0.25) is 0 Å². The Morgan fingerprint density at radius 3 is 2.46 bits per heavy atom. The van der Waals surface area contributed by atoms with Gasteiger partial charge in [0.25, 0.3) is 0 Å². The largest absolute Gasteiger partial charge is 0.494 e. The van der Waals surface area contributed by atoms with Crippen molar-refractivity contribution in [3.05, 3.63) is 41.8 Å². The van der Waals surface area contributed by atoms with Crippen molar-refractivity contribution in [1.82, 2.24) is 0 Å². The molecule has 0 bridgehead atoms. The monoisotopic (exact) mass is 175 g/mol. The van der Waals surface area contributed by atoms with E-state index in [1.165, 1.54) is 0 Å². The first kappa shape index (κ1) is 8.17. The second-order valence-corrected chi connectivity index (χ2v) is 3.34. The predicted molar refractivity (Wildman–Crippen MR) is 53.7 cm³/mol. The van der Waals surface area contributed by atoms with Gasteiger partial charge < -0.3 is 10.0 Å². The third-order valence-corrected chi connectivity index (χ3v) is 2.42. The van der Waals surface area contributed by atoms with Crippen LogP contribution in [0.25, 0.3) is 0 Å². The number of aliphatic hydroxyl groups is 1. The highest BCUT2D eigenvalue weighted by atomic mass is 16.3. The molecule has 2 heteroatoms. The number of para-hydroxylation sites is 1. The summed E-state index contributed by atoms with van der Waals surface area (Å²) in [5.74, 6) is 0.422. The Balaban J connectivity index is 2.30. The fourth-order valence-electron chi connectivity index (χ4n) is 1.59. The Morgan fingerprint density at radius 2 is 1.92 bits per heavy atom. The Hall–Kier alpha value is -1.44. The maximum Gasteiger partial charge on any atom is 0.190 e. The maximum absolute atomic E-state index is 9.72. The van der Waals surface area contributed by atoms with Crippen molar-refractivity contribution in [3.63, 3.8) is 0 Å². The lowest BCUT2D eigenvalue weighted by Gasteiger charge is -2.17. The summed E-state index contributed by atoms with van der Waals surface area (Å²) >= 11 is 0. The van der Waals surface area contributed by atoms with E-state index in [9.17, 15) is 5.11 Å². The lowest BCUT2D eigenvalue weighted by atomic mass is 10.3. The number of rotatable bonds is 1. The van der Waals surface area contributed by atoms with Gasteiger partial charge >= 0.3 is 0 Å². The Bertz CT molecular complexity index is 329. The molecule has 13 heavy (non-hydrogen) atoms. The summed E-state index contributed by atoms with van der Waals surface area (Å²) in [5, 5.41) is 9.72. The van der Waals surface area contributed by atoms with Gasteiger partial charge in [0.2, 0.25) is 0 Å². The summed E-state index contributed by atoms with van der Waals surface area (Å²) in [6, 6.07) is 9.96. The Kier molecular flexibility index (Phi) is 1.97. The van der Waals surface area contributed by atoms with Crippen LogP contribution in [0, 0.1) is 0 Å². The number of benzene rings is 1. The van der Waals surface area contributed by atoms with Crippen LogP contribution in [0.5, 0.6) is 0 Å². The minimum Gasteiger partial charge on any atom is -0.494 e. The SMILES string of the molecule is CC1=C(O)N(c2ccccc2)CC1. The van der Waals surface area contributed by atoms with Crippen LogP contribution in [0.1, 0.15) is 13.3 Å². The normalized spacial score (nSPS) is 16.8. The molecule has 0 saturated heterocycles. The van der Waals surface area contributed by atoms with Crippen LogP contribution in [0.2, 0.25) is 0 Å². The van der Waals surface area contributed by atoms with E-state index in [0.717, 1.165) is 24.2 Å². The molecule has 0 aromatic heterocycles. The van der Waals surface area contributed by atoms with Crippen LogP contribution in [0.3, 0.4) is 0 Å². The molecular formula is C11H13NO. The molecule has 0 radical (unpaired) electrons. The van der Waals surface area contributed by atoms with E-state index in [2.05, 4.69) is 0 Å². The molecule has 1 heterocycles. The van der Waals surface area contributed by atoms with Gasteiger partial charge in [0.1, 0.15) is 0 Å². The van der Waals surface area contributed by atoms with Crippen LogP contribution in [-0.4, -0.2) is 11.7 Å².